The number of ether oxygens (including phenoxy) is 1. The topological polar surface area (TPSA) is 56.8 Å². The number of rotatable bonds is 4. The molecule has 0 fully saturated rings. The van der Waals surface area contributed by atoms with Crippen LogP contribution < -0.4 is 0 Å². The molecule has 0 aromatic heterocycles. The molecule has 0 aliphatic rings. The van der Waals surface area contributed by atoms with Gasteiger partial charge in [0.25, 0.3) is 0 Å². The predicted octanol–water partition coefficient (Wildman–Crippen LogP) is 2.29. The number of nitriles is 2. The Morgan fingerprint density at radius 3 is 2.31 bits per heavy atom. The van der Waals surface area contributed by atoms with Gasteiger partial charge in [0.15, 0.2) is 0 Å². The van der Waals surface area contributed by atoms with Crippen LogP contribution in [0.4, 0.5) is 0 Å². The van der Waals surface area contributed by atoms with Gasteiger partial charge in [-0.05, 0) is 25.0 Å². The summed E-state index contributed by atoms with van der Waals surface area (Å²) in [7, 11) is 0. The first-order valence-corrected chi connectivity index (χ1v) is 4.11. The molecule has 0 atom stereocenters. The standard InChI is InChI=1S/C10H12N2O/c1-3-9(8-13-4-2)5-10(6-11)7-12/h5,8H,3-4H2,1-2H3. The van der Waals surface area contributed by atoms with Crippen LogP contribution in [-0.4, -0.2) is 6.61 Å². The van der Waals surface area contributed by atoms with Crippen LogP contribution in [0.2, 0.25) is 0 Å². The molecule has 3 nitrogen and oxygen atoms in total. The first-order chi connectivity index (χ1) is 6.28. The van der Waals surface area contributed by atoms with E-state index < -0.39 is 0 Å². The summed E-state index contributed by atoms with van der Waals surface area (Å²) in [6.45, 7) is 4.41. The maximum absolute atomic E-state index is 8.49. The van der Waals surface area contributed by atoms with Crippen LogP contribution in [0.1, 0.15) is 20.3 Å². The molecular formula is C10H12N2O. The molecule has 0 aromatic rings. The largest absolute Gasteiger partial charge is 0.501 e. The van der Waals surface area contributed by atoms with E-state index in [1.54, 1.807) is 18.4 Å². The van der Waals surface area contributed by atoms with Crippen LogP contribution in [0.25, 0.3) is 0 Å². The highest BCUT2D eigenvalue weighted by Gasteiger charge is 1.94. The minimum absolute atomic E-state index is 0.104. The van der Waals surface area contributed by atoms with Crippen molar-refractivity contribution in [2.24, 2.45) is 0 Å². The second-order valence-electron chi connectivity index (χ2n) is 2.28. The van der Waals surface area contributed by atoms with Gasteiger partial charge in [-0.2, -0.15) is 10.5 Å². The van der Waals surface area contributed by atoms with Crippen LogP contribution in [0.3, 0.4) is 0 Å². The molecule has 0 bridgehead atoms. The van der Waals surface area contributed by atoms with Gasteiger partial charge in [-0.3, -0.25) is 0 Å². The van der Waals surface area contributed by atoms with Gasteiger partial charge in [0.05, 0.1) is 12.9 Å². The Bertz CT molecular complexity index is 273. The van der Waals surface area contributed by atoms with Crippen molar-refractivity contribution in [2.75, 3.05) is 6.61 Å². The zero-order chi connectivity index (χ0) is 10.1. The van der Waals surface area contributed by atoms with Crippen LogP contribution >= 0.6 is 0 Å². The summed E-state index contributed by atoms with van der Waals surface area (Å²) in [5.41, 5.74) is 0.952. The van der Waals surface area contributed by atoms with Gasteiger partial charge in [0, 0.05) is 0 Å². The van der Waals surface area contributed by atoms with E-state index in [-0.39, 0.29) is 5.57 Å². The number of hydrogen-bond acceptors (Lipinski definition) is 3. The molecule has 0 saturated carbocycles. The average Bonchev–Trinajstić information content (AvgIpc) is 2.19. The molecule has 68 valence electrons. The Hall–Kier alpha value is -1.74. The number of nitrogens with zero attached hydrogens (tertiary/aromatic N) is 2. The monoisotopic (exact) mass is 176 g/mol. The Kier molecular flexibility index (Phi) is 6.01. The van der Waals surface area contributed by atoms with Gasteiger partial charge >= 0.3 is 0 Å². The molecule has 0 N–H and O–H groups in total. The third kappa shape index (κ3) is 4.66. The lowest BCUT2D eigenvalue weighted by Crippen LogP contribution is -1.84. The molecular weight excluding hydrogens is 164 g/mol. The van der Waals surface area contributed by atoms with E-state index in [1.165, 1.54) is 6.08 Å². The molecule has 0 amide bonds. The van der Waals surface area contributed by atoms with Gasteiger partial charge in [0.1, 0.15) is 17.7 Å². The summed E-state index contributed by atoms with van der Waals surface area (Å²) in [6.07, 6.45) is 3.86. The zero-order valence-electron chi connectivity index (χ0n) is 7.87. The third-order valence-electron chi connectivity index (χ3n) is 1.38. The molecule has 0 heterocycles. The summed E-state index contributed by atoms with van der Waals surface area (Å²) in [5, 5.41) is 17.0. The van der Waals surface area contributed by atoms with E-state index in [4.69, 9.17) is 15.3 Å². The van der Waals surface area contributed by atoms with Crippen molar-refractivity contribution in [3.8, 4) is 12.1 Å². The summed E-state index contributed by atoms with van der Waals surface area (Å²) in [4.78, 5) is 0. The van der Waals surface area contributed by atoms with Crippen molar-refractivity contribution in [2.45, 2.75) is 20.3 Å². The second kappa shape index (κ2) is 6.94. The van der Waals surface area contributed by atoms with Crippen molar-refractivity contribution in [3.05, 3.63) is 23.5 Å². The quantitative estimate of drug-likeness (QED) is 0.375. The zero-order valence-corrected chi connectivity index (χ0v) is 7.87. The van der Waals surface area contributed by atoms with Crippen molar-refractivity contribution in [3.63, 3.8) is 0 Å². The number of hydrogen-bond donors (Lipinski definition) is 0. The first-order valence-electron chi connectivity index (χ1n) is 4.11. The van der Waals surface area contributed by atoms with Gasteiger partial charge in [-0.15, -0.1) is 0 Å². The lowest BCUT2D eigenvalue weighted by atomic mass is 10.1. The van der Waals surface area contributed by atoms with Crippen molar-refractivity contribution in [1.82, 2.24) is 0 Å². The minimum atomic E-state index is 0.104. The fraction of sp³-hybridized carbons (Fsp3) is 0.400. The molecule has 0 radical (unpaired) electrons. The Balaban J connectivity index is 4.55. The van der Waals surface area contributed by atoms with Gasteiger partial charge in [0.2, 0.25) is 0 Å². The highest BCUT2D eigenvalue weighted by atomic mass is 16.5. The maximum atomic E-state index is 8.49. The predicted molar refractivity (Wildman–Crippen MR) is 49.3 cm³/mol. The first kappa shape index (κ1) is 11.3. The Morgan fingerprint density at radius 2 is 1.92 bits per heavy atom. The van der Waals surface area contributed by atoms with Gasteiger partial charge < -0.3 is 4.74 Å². The van der Waals surface area contributed by atoms with Crippen LogP contribution in [-0.2, 0) is 4.74 Å². The summed E-state index contributed by atoms with van der Waals surface area (Å²) >= 11 is 0. The van der Waals surface area contributed by atoms with Gasteiger partial charge in [-0.25, -0.2) is 0 Å². The van der Waals surface area contributed by atoms with E-state index >= 15 is 0 Å². The average molecular weight is 176 g/mol. The molecule has 0 aliphatic heterocycles. The van der Waals surface area contributed by atoms with Crippen molar-refractivity contribution < 1.29 is 4.74 Å². The fourth-order valence-electron chi connectivity index (χ4n) is 0.685. The molecule has 13 heavy (non-hydrogen) atoms. The highest BCUT2D eigenvalue weighted by Crippen LogP contribution is 2.06. The normalized spacial score (nSPS) is 9.69. The fourth-order valence-corrected chi connectivity index (χ4v) is 0.685. The maximum Gasteiger partial charge on any atom is 0.130 e. The molecule has 0 aromatic carbocycles. The van der Waals surface area contributed by atoms with Crippen LogP contribution in [0.15, 0.2) is 23.5 Å². The van der Waals surface area contributed by atoms with Crippen molar-refractivity contribution in [1.29, 1.82) is 10.5 Å². The van der Waals surface area contributed by atoms with E-state index in [1.807, 2.05) is 13.8 Å². The van der Waals surface area contributed by atoms with E-state index in [2.05, 4.69) is 0 Å². The Labute approximate surface area is 78.5 Å². The smallest absolute Gasteiger partial charge is 0.130 e. The van der Waals surface area contributed by atoms with E-state index in [9.17, 15) is 0 Å². The van der Waals surface area contributed by atoms with Gasteiger partial charge in [-0.1, -0.05) is 6.92 Å². The van der Waals surface area contributed by atoms with E-state index in [0.29, 0.717) is 6.61 Å². The number of allylic oxidation sites excluding steroid dienone is 3. The minimum Gasteiger partial charge on any atom is -0.501 e. The highest BCUT2D eigenvalue weighted by molar-refractivity contribution is 5.40. The summed E-state index contributed by atoms with van der Waals surface area (Å²) in [5.74, 6) is 0. The third-order valence-corrected chi connectivity index (χ3v) is 1.38. The lowest BCUT2D eigenvalue weighted by Gasteiger charge is -1.98. The summed E-state index contributed by atoms with van der Waals surface area (Å²) < 4.78 is 5.05. The molecule has 0 unspecified atom stereocenters. The molecule has 0 spiro atoms. The summed E-state index contributed by atoms with van der Waals surface area (Å²) in [6, 6.07) is 3.59. The van der Waals surface area contributed by atoms with Crippen molar-refractivity contribution >= 4 is 0 Å². The molecule has 0 saturated heterocycles. The van der Waals surface area contributed by atoms with E-state index in [0.717, 1.165) is 12.0 Å². The molecule has 0 aliphatic carbocycles. The SMILES string of the molecule is CCOC=C(C=C(C#N)C#N)CC. The Morgan fingerprint density at radius 1 is 1.31 bits per heavy atom. The molecule has 0 rings (SSSR count). The molecule has 3 heteroatoms. The lowest BCUT2D eigenvalue weighted by molar-refractivity contribution is 0.266. The second-order valence-corrected chi connectivity index (χ2v) is 2.28. The van der Waals surface area contributed by atoms with Crippen LogP contribution in [0.5, 0.6) is 0 Å². The van der Waals surface area contributed by atoms with Crippen LogP contribution in [0, 0.1) is 22.7 Å².